The first kappa shape index (κ1) is 21.2. The van der Waals surface area contributed by atoms with Gasteiger partial charge < -0.3 is 9.84 Å². The maximum absolute atomic E-state index is 12.3. The molecule has 0 spiro atoms. The predicted molar refractivity (Wildman–Crippen MR) is 89.4 cm³/mol. The van der Waals surface area contributed by atoms with Crippen LogP contribution in [0.4, 0.5) is 13.2 Å². The van der Waals surface area contributed by atoms with Gasteiger partial charge in [-0.05, 0) is 29.7 Å². The zero-order valence-corrected chi connectivity index (χ0v) is 14.3. The van der Waals surface area contributed by atoms with Crippen molar-refractivity contribution in [1.82, 2.24) is 0 Å². The van der Waals surface area contributed by atoms with E-state index in [0.29, 0.717) is 12.2 Å². The summed E-state index contributed by atoms with van der Waals surface area (Å²) in [4.78, 5) is 20.7. The second-order valence-electron chi connectivity index (χ2n) is 5.48. The van der Waals surface area contributed by atoms with E-state index in [-0.39, 0.29) is 18.0 Å². The van der Waals surface area contributed by atoms with Gasteiger partial charge in [-0.15, -0.1) is 0 Å². The van der Waals surface area contributed by atoms with Gasteiger partial charge in [-0.2, -0.15) is 13.2 Å². The minimum atomic E-state index is -4.38. The summed E-state index contributed by atoms with van der Waals surface area (Å²) < 4.78 is 41.8. The van der Waals surface area contributed by atoms with Gasteiger partial charge in [-0.25, -0.2) is 0 Å². The van der Waals surface area contributed by atoms with Crippen molar-refractivity contribution in [2.45, 2.75) is 33.1 Å². The highest BCUT2D eigenvalue weighted by Gasteiger charge is 2.32. The third-order valence-corrected chi connectivity index (χ3v) is 3.24. The van der Waals surface area contributed by atoms with Crippen LogP contribution in [0.5, 0.6) is 0 Å². The number of rotatable bonds is 4. The maximum Gasteiger partial charge on any atom is 0.416 e. The van der Waals surface area contributed by atoms with E-state index in [0.717, 1.165) is 11.6 Å². The fourth-order valence-corrected chi connectivity index (χ4v) is 2.09. The molecule has 26 heavy (non-hydrogen) atoms. The van der Waals surface area contributed by atoms with Crippen molar-refractivity contribution in [3.8, 4) is 0 Å². The molecule has 140 valence electrons. The van der Waals surface area contributed by atoms with Crippen molar-refractivity contribution in [1.29, 1.82) is 0 Å². The largest absolute Gasteiger partial charge is 0.481 e. The van der Waals surface area contributed by atoms with Crippen molar-refractivity contribution >= 4 is 11.9 Å². The second kappa shape index (κ2) is 9.60. The molecule has 0 saturated heterocycles. The van der Waals surface area contributed by atoms with E-state index in [4.69, 9.17) is 9.84 Å². The summed E-state index contributed by atoms with van der Waals surface area (Å²) in [7, 11) is 0. The normalized spacial score (nSPS) is 10.5. The van der Waals surface area contributed by atoms with E-state index in [9.17, 15) is 22.8 Å². The van der Waals surface area contributed by atoms with Gasteiger partial charge in [0.05, 0.1) is 12.0 Å². The Morgan fingerprint density at radius 3 is 2.12 bits per heavy atom. The minimum Gasteiger partial charge on any atom is -0.481 e. The lowest BCUT2D eigenvalue weighted by Gasteiger charge is -2.10. The van der Waals surface area contributed by atoms with Crippen molar-refractivity contribution in [3.05, 3.63) is 70.8 Å². The highest BCUT2D eigenvalue weighted by atomic mass is 19.4. The molecular weight excluding hydrogens is 349 g/mol. The van der Waals surface area contributed by atoms with E-state index < -0.39 is 17.7 Å². The van der Waals surface area contributed by atoms with Crippen molar-refractivity contribution < 1.29 is 32.6 Å². The Morgan fingerprint density at radius 1 is 1.04 bits per heavy atom. The van der Waals surface area contributed by atoms with Crippen LogP contribution in [0.3, 0.4) is 0 Å². The average molecular weight is 368 g/mol. The fraction of sp³-hybridized carbons (Fsp3) is 0.263. The topological polar surface area (TPSA) is 63.6 Å². The van der Waals surface area contributed by atoms with Crippen LogP contribution < -0.4 is 0 Å². The monoisotopic (exact) mass is 368 g/mol. The highest BCUT2D eigenvalue weighted by molar-refractivity contribution is 5.70. The first-order valence-corrected chi connectivity index (χ1v) is 7.65. The van der Waals surface area contributed by atoms with Gasteiger partial charge in [-0.1, -0.05) is 42.5 Å². The number of aliphatic carboxylic acids is 1. The number of alkyl halides is 3. The van der Waals surface area contributed by atoms with E-state index in [2.05, 4.69) is 0 Å². The molecule has 2 aromatic rings. The molecule has 4 nitrogen and oxygen atoms in total. The Hall–Kier alpha value is -2.83. The summed E-state index contributed by atoms with van der Waals surface area (Å²) in [5, 5.41) is 8.46. The molecule has 0 atom stereocenters. The zero-order valence-electron chi connectivity index (χ0n) is 14.3. The molecule has 2 aromatic carbocycles. The molecule has 0 saturated carbocycles. The number of hydrogen-bond acceptors (Lipinski definition) is 3. The molecule has 0 radical (unpaired) electrons. The molecule has 0 aliphatic carbocycles. The van der Waals surface area contributed by atoms with E-state index >= 15 is 0 Å². The van der Waals surface area contributed by atoms with Crippen LogP contribution >= 0.6 is 0 Å². The Labute approximate surface area is 149 Å². The Morgan fingerprint density at radius 2 is 1.65 bits per heavy atom. The Bertz CT molecular complexity index is 740. The third-order valence-electron chi connectivity index (χ3n) is 3.24. The average Bonchev–Trinajstić information content (AvgIpc) is 2.53. The number of carbonyl (C=O) groups excluding carboxylic acids is 1. The molecule has 7 heteroatoms. The maximum atomic E-state index is 12.3. The number of carbonyl (C=O) groups is 2. The van der Waals surface area contributed by atoms with Gasteiger partial charge in [0.1, 0.15) is 6.61 Å². The predicted octanol–water partition coefficient (Wildman–Crippen LogP) is 4.39. The smallest absolute Gasteiger partial charge is 0.416 e. The van der Waals surface area contributed by atoms with Crippen molar-refractivity contribution in [3.63, 3.8) is 0 Å². The van der Waals surface area contributed by atoms with Crippen molar-refractivity contribution in [2.75, 3.05) is 0 Å². The molecule has 0 aliphatic rings. The molecule has 0 bridgehead atoms. The SMILES string of the molecule is CC(=O)OCc1ccccc1.Cc1cc(CC(=O)O)ccc1C(F)(F)F. The molecule has 0 amide bonds. The molecule has 0 heterocycles. The van der Waals surface area contributed by atoms with Crippen LogP contribution in [-0.2, 0) is 33.5 Å². The van der Waals surface area contributed by atoms with Crippen LogP contribution in [0.1, 0.15) is 29.2 Å². The van der Waals surface area contributed by atoms with Crippen LogP contribution in [-0.4, -0.2) is 17.0 Å². The van der Waals surface area contributed by atoms with Gasteiger partial charge in [0.25, 0.3) is 0 Å². The number of carboxylic acids is 1. The first-order chi connectivity index (χ1) is 12.1. The fourth-order valence-electron chi connectivity index (χ4n) is 2.09. The molecule has 0 aromatic heterocycles. The highest BCUT2D eigenvalue weighted by Crippen LogP contribution is 2.32. The van der Waals surface area contributed by atoms with Gasteiger partial charge in [0.15, 0.2) is 0 Å². The van der Waals surface area contributed by atoms with E-state index in [1.54, 1.807) is 0 Å². The Kier molecular flexibility index (Phi) is 7.83. The van der Waals surface area contributed by atoms with Crippen LogP contribution in [0.2, 0.25) is 0 Å². The second-order valence-corrected chi connectivity index (χ2v) is 5.48. The molecule has 1 N–H and O–H groups in total. The quantitative estimate of drug-likeness (QED) is 0.813. The number of benzene rings is 2. The van der Waals surface area contributed by atoms with Gasteiger partial charge in [0, 0.05) is 6.92 Å². The lowest BCUT2D eigenvalue weighted by molar-refractivity contribution is -0.142. The lowest BCUT2D eigenvalue weighted by atomic mass is 10.0. The standard InChI is InChI=1S/C10H9F3O2.C9H10O2/c1-6-4-7(5-9(14)15)2-3-8(6)10(11,12)13;1-8(10)11-7-9-5-3-2-4-6-9/h2-4H,5H2,1H3,(H,14,15);2-6H,7H2,1H3. The van der Waals surface area contributed by atoms with Gasteiger partial charge in [0.2, 0.25) is 0 Å². The molecular formula is C19H19F3O4. The van der Waals surface area contributed by atoms with Crippen LogP contribution in [0, 0.1) is 6.92 Å². The van der Waals surface area contributed by atoms with Gasteiger partial charge >= 0.3 is 18.1 Å². The number of aryl methyl sites for hydroxylation is 1. The number of esters is 1. The summed E-state index contributed by atoms with van der Waals surface area (Å²) in [5.41, 5.74) is 0.702. The van der Waals surface area contributed by atoms with Crippen LogP contribution in [0.25, 0.3) is 0 Å². The number of ether oxygens (including phenoxy) is 1. The number of halogens is 3. The van der Waals surface area contributed by atoms with Crippen LogP contribution in [0.15, 0.2) is 48.5 Å². The Balaban J connectivity index is 0.000000273. The van der Waals surface area contributed by atoms with Gasteiger partial charge in [-0.3, -0.25) is 9.59 Å². The number of hydrogen-bond donors (Lipinski definition) is 1. The zero-order chi connectivity index (χ0) is 19.7. The summed E-state index contributed by atoms with van der Waals surface area (Å²) in [6.07, 6.45) is -4.65. The minimum absolute atomic E-state index is 0.0428. The summed E-state index contributed by atoms with van der Waals surface area (Å²) in [5.74, 6) is -1.30. The van der Waals surface area contributed by atoms with E-state index in [1.165, 1.54) is 26.0 Å². The summed E-state index contributed by atoms with van der Waals surface area (Å²) in [6, 6.07) is 12.9. The molecule has 2 rings (SSSR count). The summed E-state index contributed by atoms with van der Waals surface area (Å²) in [6.45, 7) is 3.09. The molecule has 0 unspecified atom stereocenters. The summed E-state index contributed by atoms with van der Waals surface area (Å²) >= 11 is 0. The van der Waals surface area contributed by atoms with Crippen molar-refractivity contribution in [2.24, 2.45) is 0 Å². The molecule has 0 aliphatic heterocycles. The third kappa shape index (κ3) is 7.83. The molecule has 0 fully saturated rings. The van der Waals surface area contributed by atoms with E-state index in [1.807, 2.05) is 30.3 Å². The first-order valence-electron chi connectivity index (χ1n) is 7.65. The number of carboxylic acid groups (broad SMARTS) is 1. The lowest BCUT2D eigenvalue weighted by Crippen LogP contribution is -2.08.